The lowest BCUT2D eigenvalue weighted by atomic mass is 10.1. The van der Waals surface area contributed by atoms with Crippen LogP contribution in [-0.4, -0.2) is 22.8 Å². The number of amides is 1. The number of nitrogens with zero attached hydrogens (tertiary/aromatic N) is 2. The van der Waals surface area contributed by atoms with Crippen molar-refractivity contribution in [2.75, 3.05) is 12.4 Å². The van der Waals surface area contributed by atoms with Gasteiger partial charge < -0.3 is 10.1 Å². The van der Waals surface area contributed by atoms with Crippen molar-refractivity contribution in [1.82, 2.24) is 9.78 Å². The number of anilines is 1. The maximum absolute atomic E-state index is 12.3. The van der Waals surface area contributed by atoms with Crippen molar-refractivity contribution in [2.45, 2.75) is 19.8 Å². The fourth-order valence-electron chi connectivity index (χ4n) is 2.65. The zero-order valence-corrected chi connectivity index (χ0v) is 15.5. The molecule has 1 aromatic heterocycles. The number of benzene rings is 2. The van der Waals surface area contributed by atoms with Gasteiger partial charge >= 0.3 is 0 Å². The van der Waals surface area contributed by atoms with E-state index in [2.05, 4.69) is 10.4 Å². The Morgan fingerprint density at radius 3 is 2.46 bits per heavy atom. The van der Waals surface area contributed by atoms with Gasteiger partial charge in [-0.1, -0.05) is 30.7 Å². The Kier molecular flexibility index (Phi) is 5.58. The summed E-state index contributed by atoms with van der Waals surface area (Å²) < 4.78 is 6.94. The van der Waals surface area contributed by atoms with Crippen molar-refractivity contribution < 1.29 is 9.53 Å². The molecule has 134 valence electrons. The van der Waals surface area contributed by atoms with Crippen molar-refractivity contribution in [3.05, 3.63) is 70.9 Å². The van der Waals surface area contributed by atoms with Crippen LogP contribution in [0.5, 0.6) is 5.75 Å². The van der Waals surface area contributed by atoms with Gasteiger partial charge in [0.05, 0.1) is 19.2 Å². The zero-order valence-electron chi connectivity index (χ0n) is 14.7. The number of nitrogens with one attached hydrogen (secondary N) is 1. The van der Waals surface area contributed by atoms with Crippen LogP contribution in [0, 0.1) is 0 Å². The highest BCUT2D eigenvalue weighted by atomic mass is 35.5. The normalized spacial score (nSPS) is 10.6. The number of hydrogen-bond acceptors (Lipinski definition) is 3. The molecular formula is C20H20ClN3O2. The highest BCUT2D eigenvalue weighted by Crippen LogP contribution is 2.19. The van der Waals surface area contributed by atoms with Gasteiger partial charge in [-0.3, -0.25) is 4.79 Å². The molecule has 5 nitrogen and oxygen atoms in total. The summed E-state index contributed by atoms with van der Waals surface area (Å²) in [4.78, 5) is 12.3. The molecular weight excluding hydrogens is 350 g/mol. The van der Waals surface area contributed by atoms with E-state index in [1.54, 1.807) is 7.11 Å². The van der Waals surface area contributed by atoms with Gasteiger partial charge in [0.1, 0.15) is 5.75 Å². The molecule has 3 rings (SSSR count). The lowest BCUT2D eigenvalue weighted by molar-refractivity contribution is -0.115. The van der Waals surface area contributed by atoms with Crippen molar-refractivity contribution >= 4 is 23.3 Å². The predicted molar refractivity (Wildman–Crippen MR) is 103 cm³/mol. The second-order valence-electron chi connectivity index (χ2n) is 5.84. The van der Waals surface area contributed by atoms with Crippen LogP contribution in [0.1, 0.15) is 18.2 Å². The van der Waals surface area contributed by atoms with E-state index in [0.29, 0.717) is 10.8 Å². The molecule has 0 bridgehead atoms. The van der Waals surface area contributed by atoms with Crippen molar-refractivity contribution in [2.24, 2.45) is 0 Å². The van der Waals surface area contributed by atoms with Gasteiger partial charge in [0, 0.05) is 16.8 Å². The maximum Gasteiger partial charge on any atom is 0.229 e. The van der Waals surface area contributed by atoms with E-state index < -0.39 is 0 Å². The largest absolute Gasteiger partial charge is 0.497 e. The Labute approximate surface area is 157 Å². The summed E-state index contributed by atoms with van der Waals surface area (Å²) in [5.41, 5.74) is 2.82. The Morgan fingerprint density at radius 2 is 1.85 bits per heavy atom. The average molecular weight is 370 g/mol. The molecule has 3 aromatic rings. The second-order valence-corrected chi connectivity index (χ2v) is 6.27. The van der Waals surface area contributed by atoms with Crippen LogP contribution in [0.2, 0.25) is 5.02 Å². The summed E-state index contributed by atoms with van der Waals surface area (Å²) in [5, 5.41) is 8.05. The molecule has 0 saturated heterocycles. The van der Waals surface area contributed by atoms with Crippen LogP contribution in [0.15, 0.2) is 54.6 Å². The highest BCUT2D eigenvalue weighted by molar-refractivity contribution is 6.30. The van der Waals surface area contributed by atoms with E-state index in [-0.39, 0.29) is 12.3 Å². The van der Waals surface area contributed by atoms with Crippen molar-refractivity contribution in [1.29, 1.82) is 0 Å². The summed E-state index contributed by atoms with van der Waals surface area (Å²) in [6.07, 6.45) is 1.07. The fourth-order valence-corrected chi connectivity index (χ4v) is 2.78. The Morgan fingerprint density at radius 1 is 1.15 bits per heavy atom. The molecule has 0 spiro atoms. The van der Waals surface area contributed by atoms with E-state index in [1.165, 1.54) is 0 Å². The first-order valence-electron chi connectivity index (χ1n) is 8.36. The number of methoxy groups -OCH3 is 1. The van der Waals surface area contributed by atoms with Crippen molar-refractivity contribution in [3.8, 4) is 11.4 Å². The number of rotatable bonds is 6. The molecule has 1 N–H and O–H groups in total. The first kappa shape index (κ1) is 18.0. The average Bonchev–Trinajstić information content (AvgIpc) is 3.05. The quantitative estimate of drug-likeness (QED) is 0.705. The third-order valence-corrected chi connectivity index (χ3v) is 4.26. The highest BCUT2D eigenvalue weighted by Gasteiger charge is 2.11. The predicted octanol–water partition coefficient (Wildman–Crippen LogP) is 4.28. The van der Waals surface area contributed by atoms with E-state index in [0.717, 1.165) is 29.1 Å². The van der Waals surface area contributed by atoms with Gasteiger partial charge in [-0.2, -0.15) is 0 Å². The molecule has 0 radical (unpaired) electrons. The van der Waals surface area contributed by atoms with Gasteiger partial charge in [0.15, 0.2) is 5.82 Å². The number of carbonyl (C=O) groups is 1. The van der Waals surface area contributed by atoms with Gasteiger partial charge in [-0.15, -0.1) is 5.10 Å². The number of aromatic nitrogens is 2. The Hall–Kier alpha value is -2.79. The van der Waals surface area contributed by atoms with Crippen LogP contribution in [0.25, 0.3) is 5.69 Å². The Balaban J connectivity index is 1.72. The fraction of sp³-hybridized carbons (Fsp3) is 0.200. The second kappa shape index (κ2) is 8.06. The first-order chi connectivity index (χ1) is 12.6. The molecule has 1 amide bonds. The third kappa shape index (κ3) is 4.24. The Bertz CT molecular complexity index is 886. The minimum atomic E-state index is -0.112. The lowest BCUT2D eigenvalue weighted by Crippen LogP contribution is -2.15. The van der Waals surface area contributed by atoms with E-state index >= 15 is 0 Å². The molecule has 0 aliphatic heterocycles. The van der Waals surface area contributed by atoms with Crippen LogP contribution < -0.4 is 10.1 Å². The molecule has 2 aromatic carbocycles. The molecule has 6 heteroatoms. The van der Waals surface area contributed by atoms with Gasteiger partial charge in [-0.05, 0) is 48.4 Å². The van der Waals surface area contributed by atoms with Gasteiger partial charge in [-0.25, -0.2) is 4.68 Å². The number of ether oxygens (including phenoxy) is 1. The summed E-state index contributed by atoms with van der Waals surface area (Å²) in [7, 11) is 1.62. The standard InChI is InChI=1S/C20H20ClN3O2/c1-3-16-13-19(23-24(16)17-8-6-15(21)7-9-17)22-20(25)12-14-4-10-18(26-2)11-5-14/h4-11,13H,3,12H2,1-2H3,(H,22,23,25). The van der Waals surface area contributed by atoms with Gasteiger partial charge in [0.25, 0.3) is 0 Å². The summed E-state index contributed by atoms with van der Waals surface area (Å²) in [6.45, 7) is 2.05. The third-order valence-electron chi connectivity index (χ3n) is 4.01. The monoisotopic (exact) mass is 369 g/mol. The maximum atomic E-state index is 12.3. The summed E-state index contributed by atoms with van der Waals surface area (Å²) >= 11 is 5.95. The number of hydrogen-bond donors (Lipinski definition) is 1. The molecule has 0 atom stereocenters. The SMILES string of the molecule is CCc1cc(NC(=O)Cc2ccc(OC)cc2)nn1-c1ccc(Cl)cc1. The van der Waals surface area contributed by atoms with Gasteiger partial charge in [0.2, 0.25) is 5.91 Å². The van der Waals surface area contributed by atoms with E-state index in [1.807, 2.05) is 66.2 Å². The zero-order chi connectivity index (χ0) is 18.5. The molecule has 1 heterocycles. The smallest absolute Gasteiger partial charge is 0.229 e. The van der Waals surface area contributed by atoms with Crippen LogP contribution in [0.3, 0.4) is 0 Å². The number of aryl methyl sites for hydroxylation is 1. The molecule has 26 heavy (non-hydrogen) atoms. The van der Waals surface area contributed by atoms with Crippen LogP contribution in [-0.2, 0) is 17.6 Å². The van der Waals surface area contributed by atoms with Crippen molar-refractivity contribution in [3.63, 3.8) is 0 Å². The first-order valence-corrected chi connectivity index (χ1v) is 8.74. The minimum Gasteiger partial charge on any atom is -0.497 e. The molecule has 0 saturated carbocycles. The molecule has 0 aliphatic carbocycles. The summed E-state index contributed by atoms with van der Waals surface area (Å²) in [6, 6.07) is 16.8. The summed E-state index contributed by atoms with van der Waals surface area (Å²) in [5.74, 6) is 1.19. The molecule has 0 unspecified atom stereocenters. The minimum absolute atomic E-state index is 0.112. The topological polar surface area (TPSA) is 56.1 Å². The number of carbonyl (C=O) groups excluding carboxylic acids is 1. The molecule has 0 fully saturated rings. The van der Waals surface area contributed by atoms with Crippen LogP contribution >= 0.6 is 11.6 Å². The van der Waals surface area contributed by atoms with Crippen LogP contribution in [0.4, 0.5) is 5.82 Å². The number of halogens is 1. The molecule has 0 aliphatic rings. The van der Waals surface area contributed by atoms with E-state index in [4.69, 9.17) is 16.3 Å². The lowest BCUT2D eigenvalue weighted by Gasteiger charge is -2.06. The van der Waals surface area contributed by atoms with E-state index in [9.17, 15) is 4.79 Å².